The van der Waals surface area contributed by atoms with Crippen molar-refractivity contribution in [1.82, 2.24) is 5.32 Å². The second kappa shape index (κ2) is 9.69. The van der Waals surface area contributed by atoms with Crippen molar-refractivity contribution in [2.45, 2.75) is 25.3 Å². The summed E-state index contributed by atoms with van der Waals surface area (Å²) in [7, 11) is 0. The van der Waals surface area contributed by atoms with E-state index in [1.54, 1.807) is 16.2 Å². The van der Waals surface area contributed by atoms with Crippen LogP contribution in [0.25, 0.3) is 0 Å². The molecular weight excluding hydrogens is 394 g/mol. The zero-order valence-electron chi connectivity index (χ0n) is 16.7. The lowest BCUT2D eigenvalue weighted by Crippen LogP contribution is -2.26. The lowest BCUT2D eigenvalue weighted by Gasteiger charge is -2.18. The van der Waals surface area contributed by atoms with Gasteiger partial charge in [0.05, 0.1) is 6.04 Å². The van der Waals surface area contributed by atoms with Crippen molar-refractivity contribution in [2.24, 2.45) is 0 Å². The Kier molecular flexibility index (Phi) is 6.57. The summed E-state index contributed by atoms with van der Waals surface area (Å²) in [5.74, 6) is 0.127. The summed E-state index contributed by atoms with van der Waals surface area (Å²) in [5, 5.41) is 8.52. The molecule has 2 aromatic carbocycles. The monoisotopic (exact) mass is 419 g/mol. The number of hydrogen-bond acceptors (Lipinski definition) is 4. The van der Waals surface area contributed by atoms with Gasteiger partial charge in [-0.05, 0) is 47.7 Å². The highest BCUT2D eigenvalue weighted by Gasteiger charge is 2.21. The highest BCUT2D eigenvalue weighted by Crippen LogP contribution is 2.26. The van der Waals surface area contributed by atoms with Crippen molar-refractivity contribution < 1.29 is 9.59 Å². The average Bonchev–Trinajstić information content (AvgIpc) is 3.44. The second-order valence-electron chi connectivity index (χ2n) is 7.31. The Morgan fingerprint density at radius 1 is 1.03 bits per heavy atom. The van der Waals surface area contributed by atoms with Crippen LogP contribution < -0.4 is 15.5 Å². The molecule has 1 atom stereocenters. The molecule has 154 valence electrons. The molecule has 2 heterocycles. The van der Waals surface area contributed by atoms with Gasteiger partial charge in [-0.1, -0.05) is 36.4 Å². The molecule has 1 aliphatic rings. The van der Waals surface area contributed by atoms with Gasteiger partial charge in [-0.2, -0.15) is 0 Å². The van der Waals surface area contributed by atoms with Crippen LogP contribution in [0.4, 0.5) is 11.4 Å². The highest BCUT2D eigenvalue weighted by molar-refractivity contribution is 7.10. The van der Waals surface area contributed by atoms with E-state index in [-0.39, 0.29) is 17.9 Å². The van der Waals surface area contributed by atoms with Gasteiger partial charge >= 0.3 is 0 Å². The molecular formula is C24H25N3O2S. The van der Waals surface area contributed by atoms with E-state index >= 15 is 0 Å². The fraction of sp³-hybridized carbons (Fsp3) is 0.250. The van der Waals surface area contributed by atoms with Gasteiger partial charge in [0.25, 0.3) is 0 Å². The van der Waals surface area contributed by atoms with E-state index in [1.165, 1.54) is 10.4 Å². The molecule has 0 unspecified atom stereocenters. The lowest BCUT2D eigenvalue weighted by molar-refractivity contribution is -0.117. The summed E-state index contributed by atoms with van der Waals surface area (Å²) >= 11 is 1.71. The van der Waals surface area contributed by atoms with Crippen LogP contribution in [-0.2, 0) is 9.59 Å². The van der Waals surface area contributed by atoms with Crippen molar-refractivity contribution in [3.63, 3.8) is 0 Å². The fourth-order valence-corrected chi connectivity index (χ4v) is 4.51. The van der Waals surface area contributed by atoms with Crippen LogP contribution >= 0.6 is 11.3 Å². The third kappa shape index (κ3) is 4.96. The van der Waals surface area contributed by atoms with Crippen LogP contribution in [0.15, 0.2) is 72.1 Å². The topological polar surface area (TPSA) is 61.4 Å². The molecule has 1 aromatic heterocycles. The maximum Gasteiger partial charge on any atom is 0.227 e. The molecule has 4 rings (SSSR count). The largest absolute Gasteiger partial charge is 0.326 e. The summed E-state index contributed by atoms with van der Waals surface area (Å²) in [6, 6.07) is 22.0. The van der Waals surface area contributed by atoms with Gasteiger partial charge in [0.2, 0.25) is 11.8 Å². The molecule has 0 spiro atoms. The van der Waals surface area contributed by atoms with E-state index in [1.807, 2.05) is 48.5 Å². The predicted molar refractivity (Wildman–Crippen MR) is 122 cm³/mol. The highest BCUT2D eigenvalue weighted by atomic mass is 32.1. The normalized spacial score (nSPS) is 14.7. The Labute approximate surface area is 180 Å². The Hall–Kier alpha value is -2.96. The summed E-state index contributed by atoms with van der Waals surface area (Å²) in [4.78, 5) is 27.3. The molecule has 1 aliphatic heterocycles. The Bertz CT molecular complexity index is 971. The van der Waals surface area contributed by atoms with Crippen molar-refractivity contribution >= 4 is 34.5 Å². The van der Waals surface area contributed by atoms with Crippen LogP contribution in [0.3, 0.4) is 0 Å². The fourth-order valence-electron chi connectivity index (χ4n) is 3.68. The van der Waals surface area contributed by atoms with E-state index in [2.05, 4.69) is 34.2 Å². The number of carbonyl (C=O) groups excluding carboxylic acids is 2. The van der Waals surface area contributed by atoms with Crippen molar-refractivity contribution in [3.05, 3.63) is 82.6 Å². The summed E-state index contributed by atoms with van der Waals surface area (Å²) in [6.45, 7) is 1.34. The van der Waals surface area contributed by atoms with E-state index < -0.39 is 0 Å². The number of amides is 2. The van der Waals surface area contributed by atoms with Crippen molar-refractivity contribution in [3.8, 4) is 0 Å². The summed E-state index contributed by atoms with van der Waals surface area (Å²) < 4.78 is 0. The quantitative estimate of drug-likeness (QED) is 0.562. The molecule has 3 aromatic rings. The average molecular weight is 420 g/mol. The number of anilines is 2. The van der Waals surface area contributed by atoms with Crippen LogP contribution in [0.2, 0.25) is 0 Å². The number of nitrogens with one attached hydrogen (secondary N) is 2. The SMILES string of the molecule is O=C(CCN[C@@H](c1ccccc1)c1cccs1)Nc1ccc(N2CCCC2=O)cc1. The number of nitrogens with zero attached hydrogens (tertiary/aromatic N) is 1. The molecule has 0 bridgehead atoms. The van der Waals surface area contributed by atoms with Gasteiger partial charge in [0.15, 0.2) is 0 Å². The van der Waals surface area contributed by atoms with E-state index in [9.17, 15) is 9.59 Å². The number of thiophene rings is 1. The third-order valence-electron chi connectivity index (χ3n) is 5.20. The summed E-state index contributed by atoms with van der Waals surface area (Å²) in [6.07, 6.45) is 1.89. The van der Waals surface area contributed by atoms with Gasteiger partial charge in [0.1, 0.15) is 0 Å². The van der Waals surface area contributed by atoms with Crippen LogP contribution in [0, 0.1) is 0 Å². The van der Waals surface area contributed by atoms with Crippen LogP contribution in [0.1, 0.15) is 35.7 Å². The maximum absolute atomic E-state index is 12.4. The van der Waals surface area contributed by atoms with Gasteiger partial charge in [-0.15, -0.1) is 11.3 Å². The van der Waals surface area contributed by atoms with Crippen LogP contribution in [0.5, 0.6) is 0 Å². The zero-order valence-corrected chi connectivity index (χ0v) is 17.5. The smallest absolute Gasteiger partial charge is 0.227 e. The van der Waals surface area contributed by atoms with Gasteiger partial charge in [-0.25, -0.2) is 0 Å². The van der Waals surface area contributed by atoms with Crippen molar-refractivity contribution in [2.75, 3.05) is 23.3 Å². The minimum atomic E-state index is -0.0366. The molecule has 0 saturated carbocycles. The van der Waals surface area contributed by atoms with Gasteiger partial charge < -0.3 is 15.5 Å². The van der Waals surface area contributed by atoms with E-state index in [4.69, 9.17) is 0 Å². The van der Waals surface area contributed by atoms with Crippen molar-refractivity contribution in [1.29, 1.82) is 0 Å². The molecule has 0 aliphatic carbocycles. The van der Waals surface area contributed by atoms with E-state index in [0.717, 1.165) is 24.3 Å². The number of benzene rings is 2. The first kappa shape index (κ1) is 20.3. The standard InChI is InChI=1S/C24H25N3O2S/c28-22(26-19-10-12-20(13-11-19)27-16-4-9-23(27)29)14-15-25-24(21-8-5-17-30-21)18-6-2-1-3-7-18/h1-3,5-8,10-13,17,24-25H,4,9,14-16H2,(H,26,28)/t24-/m0/s1. The molecule has 2 amide bonds. The third-order valence-corrected chi connectivity index (χ3v) is 6.13. The molecule has 1 saturated heterocycles. The molecule has 30 heavy (non-hydrogen) atoms. The zero-order chi connectivity index (χ0) is 20.8. The van der Waals surface area contributed by atoms with Gasteiger partial charge in [-0.3, -0.25) is 9.59 Å². The Morgan fingerprint density at radius 3 is 2.50 bits per heavy atom. The molecule has 1 fully saturated rings. The minimum absolute atomic E-state index is 0.0366. The minimum Gasteiger partial charge on any atom is -0.326 e. The number of rotatable bonds is 8. The van der Waals surface area contributed by atoms with Crippen LogP contribution in [-0.4, -0.2) is 24.9 Å². The molecule has 0 radical (unpaired) electrons. The first-order valence-corrected chi connectivity index (χ1v) is 11.1. The Morgan fingerprint density at radius 2 is 1.83 bits per heavy atom. The molecule has 6 heteroatoms. The Balaban J connectivity index is 1.30. The molecule has 2 N–H and O–H groups in total. The van der Waals surface area contributed by atoms with E-state index in [0.29, 0.717) is 19.4 Å². The predicted octanol–water partition coefficient (Wildman–Crippen LogP) is 4.58. The lowest BCUT2D eigenvalue weighted by atomic mass is 10.1. The number of carbonyl (C=O) groups is 2. The second-order valence-corrected chi connectivity index (χ2v) is 8.29. The first-order valence-electron chi connectivity index (χ1n) is 10.2. The maximum atomic E-state index is 12.4. The number of hydrogen-bond donors (Lipinski definition) is 2. The molecule has 5 nitrogen and oxygen atoms in total. The summed E-state index contributed by atoms with van der Waals surface area (Å²) in [5.41, 5.74) is 2.82. The first-order chi connectivity index (χ1) is 14.7. The van der Waals surface area contributed by atoms with Gasteiger partial charge in [0, 0.05) is 42.2 Å².